The minimum Gasteiger partial charge on any atom is -0.352 e. The molecular weight excluding hydrogens is 246 g/mol. The van der Waals surface area contributed by atoms with Crippen LogP contribution in [-0.2, 0) is 0 Å². The molecule has 3 rings (SSSR count). The van der Waals surface area contributed by atoms with Gasteiger partial charge in [0.2, 0.25) is 0 Å². The molecule has 1 aliphatic rings. The Balaban J connectivity index is 1.86. The quantitative estimate of drug-likeness (QED) is 0.834. The standard InChI is InChI=1S/C17H21N3/c1-12-6-4-5-7-16(12)15-8-14(3)20(11-15)17-10-18-9-13(2)19-17/h4-7,9-10,14-15H,8,11H2,1-3H3. The van der Waals surface area contributed by atoms with E-state index in [0.29, 0.717) is 12.0 Å². The molecule has 0 radical (unpaired) electrons. The Morgan fingerprint density at radius 2 is 1.95 bits per heavy atom. The number of aryl methyl sites for hydroxylation is 2. The molecule has 0 spiro atoms. The first-order chi connectivity index (χ1) is 9.65. The largest absolute Gasteiger partial charge is 0.352 e. The summed E-state index contributed by atoms with van der Waals surface area (Å²) in [6.45, 7) is 7.51. The van der Waals surface area contributed by atoms with Gasteiger partial charge in [-0.15, -0.1) is 0 Å². The van der Waals surface area contributed by atoms with Gasteiger partial charge in [0.1, 0.15) is 5.82 Å². The van der Waals surface area contributed by atoms with Crippen molar-refractivity contribution in [1.82, 2.24) is 9.97 Å². The van der Waals surface area contributed by atoms with Gasteiger partial charge in [0.05, 0.1) is 11.9 Å². The van der Waals surface area contributed by atoms with Gasteiger partial charge in [0.15, 0.2) is 0 Å². The van der Waals surface area contributed by atoms with Crippen molar-refractivity contribution in [3.8, 4) is 0 Å². The van der Waals surface area contributed by atoms with Crippen LogP contribution in [0.25, 0.3) is 0 Å². The fraction of sp³-hybridized carbons (Fsp3) is 0.412. The van der Waals surface area contributed by atoms with E-state index in [0.717, 1.165) is 18.1 Å². The lowest BCUT2D eigenvalue weighted by Crippen LogP contribution is -2.27. The Labute approximate surface area is 120 Å². The monoisotopic (exact) mass is 267 g/mol. The summed E-state index contributed by atoms with van der Waals surface area (Å²) in [5, 5.41) is 0. The van der Waals surface area contributed by atoms with Gasteiger partial charge in [0.25, 0.3) is 0 Å². The fourth-order valence-corrected chi connectivity index (χ4v) is 3.21. The summed E-state index contributed by atoms with van der Waals surface area (Å²) in [6.07, 6.45) is 4.87. The third-order valence-electron chi connectivity index (χ3n) is 4.24. The van der Waals surface area contributed by atoms with Crippen molar-refractivity contribution >= 4 is 5.82 Å². The maximum Gasteiger partial charge on any atom is 0.147 e. The molecule has 0 saturated carbocycles. The van der Waals surface area contributed by atoms with Crippen molar-refractivity contribution in [2.24, 2.45) is 0 Å². The zero-order valence-electron chi connectivity index (χ0n) is 12.4. The van der Waals surface area contributed by atoms with Gasteiger partial charge < -0.3 is 4.90 Å². The van der Waals surface area contributed by atoms with E-state index < -0.39 is 0 Å². The molecule has 2 atom stereocenters. The highest BCUT2D eigenvalue weighted by Gasteiger charge is 2.31. The van der Waals surface area contributed by atoms with Gasteiger partial charge >= 0.3 is 0 Å². The van der Waals surface area contributed by atoms with E-state index in [4.69, 9.17) is 0 Å². The Morgan fingerprint density at radius 1 is 1.15 bits per heavy atom. The number of anilines is 1. The van der Waals surface area contributed by atoms with Crippen molar-refractivity contribution in [1.29, 1.82) is 0 Å². The minimum atomic E-state index is 0.510. The van der Waals surface area contributed by atoms with Gasteiger partial charge in [0, 0.05) is 24.7 Å². The molecule has 0 N–H and O–H groups in total. The Hall–Kier alpha value is -1.90. The second-order valence-electron chi connectivity index (χ2n) is 5.81. The lowest BCUT2D eigenvalue weighted by atomic mass is 9.93. The topological polar surface area (TPSA) is 29.0 Å². The first kappa shape index (κ1) is 13.1. The lowest BCUT2D eigenvalue weighted by molar-refractivity contribution is 0.693. The van der Waals surface area contributed by atoms with Crippen molar-refractivity contribution in [3.63, 3.8) is 0 Å². The molecule has 3 heteroatoms. The van der Waals surface area contributed by atoms with Crippen LogP contribution in [0.5, 0.6) is 0 Å². The highest BCUT2D eigenvalue weighted by Crippen LogP contribution is 2.35. The van der Waals surface area contributed by atoms with Gasteiger partial charge in [-0.1, -0.05) is 24.3 Å². The number of rotatable bonds is 2. The van der Waals surface area contributed by atoms with Crippen LogP contribution in [0.1, 0.15) is 36.1 Å². The predicted molar refractivity (Wildman–Crippen MR) is 82.1 cm³/mol. The van der Waals surface area contributed by atoms with Crippen molar-refractivity contribution < 1.29 is 0 Å². The summed E-state index contributed by atoms with van der Waals surface area (Å²) in [6, 6.07) is 9.23. The minimum absolute atomic E-state index is 0.510. The highest BCUT2D eigenvalue weighted by molar-refractivity contribution is 5.43. The summed E-state index contributed by atoms with van der Waals surface area (Å²) in [5.74, 6) is 1.60. The van der Waals surface area contributed by atoms with E-state index in [1.807, 2.05) is 19.3 Å². The molecule has 2 unspecified atom stereocenters. The van der Waals surface area contributed by atoms with Gasteiger partial charge in [-0.05, 0) is 38.3 Å². The Bertz CT molecular complexity index is 609. The zero-order chi connectivity index (χ0) is 14.1. The second kappa shape index (κ2) is 5.23. The Morgan fingerprint density at radius 3 is 2.70 bits per heavy atom. The first-order valence-electron chi connectivity index (χ1n) is 7.26. The molecule has 20 heavy (non-hydrogen) atoms. The molecule has 1 aliphatic heterocycles. The summed E-state index contributed by atoms with van der Waals surface area (Å²) in [4.78, 5) is 11.3. The molecular formula is C17H21N3. The van der Waals surface area contributed by atoms with Crippen molar-refractivity contribution in [2.75, 3.05) is 11.4 Å². The molecule has 0 bridgehead atoms. The molecule has 0 amide bonds. The smallest absolute Gasteiger partial charge is 0.147 e. The van der Waals surface area contributed by atoms with E-state index in [2.05, 4.69) is 53.0 Å². The van der Waals surface area contributed by atoms with E-state index in [9.17, 15) is 0 Å². The number of hydrogen-bond donors (Lipinski definition) is 0. The molecule has 2 aromatic rings. The molecule has 3 nitrogen and oxygen atoms in total. The summed E-state index contributed by atoms with van der Waals surface area (Å²) in [5.41, 5.74) is 3.85. The third-order valence-corrected chi connectivity index (χ3v) is 4.24. The highest BCUT2D eigenvalue weighted by atomic mass is 15.2. The van der Waals surface area contributed by atoms with Crippen LogP contribution < -0.4 is 4.90 Å². The van der Waals surface area contributed by atoms with Gasteiger partial charge in [-0.25, -0.2) is 4.98 Å². The zero-order valence-corrected chi connectivity index (χ0v) is 12.4. The van der Waals surface area contributed by atoms with Gasteiger partial charge in [-0.2, -0.15) is 0 Å². The molecule has 2 heterocycles. The van der Waals surface area contributed by atoms with Crippen LogP contribution in [0.2, 0.25) is 0 Å². The number of aromatic nitrogens is 2. The molecule has 1 aromatic heterocycles. The van der Waals surface area contributed by atoms with Gasteiger partial charge in [-0.3, -0.25) is 4.98 Å². The van der Waals surface area contributed by atoms with Crippen LogP contribution in [0.4, 0.5) is 5.82 Å². The van der Waals surface area contributed by atoms with E-state index in [1.54, 1.807) is 0 Å². The molecule has 104 valence electrons. The number of hydrogen-bond acceptors (Lipinski definition) is 3. The number of benzene rings is 1. The van der Waals surface area contributed by atoms with Crippen molar-refractivity contribution in [3.05, 3.63) is 53.5 Å². The van der Waals surface area contributed by atoms with Crippen LogP contribution in [0, 0.1) is 13.8 Å². The fourth-order valence-electron chi connectivity index (χ4n) is 3.21. The SMILES string of the molecule is Cc1cncc(N2CC(c3ccccc3C)CC2C)n1. The van der Waals surface area contributed by atoms with Crippen LogP contribution in [0.3, 0.4) is 0 Å². The van der Waals surface area contributed by atoms with E-state index in [-0.39, 0.29) is 0 Å². The number of nitrogens with zero attached hydrogens (tertiary/aromatic N) is 3. The molecule has 0 aliphatic carbocycles. The lowest BCUT2D eigenvalue weighted by Gasteiger charge is -2.22. The summed E-state index contributed by atoms with van der Waals surface area (Å²) >= 11 is 0. The predicted octanol–water partition coefficient (Wildman–Crippen LogP) is 3.48. The second-order valence-corrected chi connectivity index (χ2v) is 5.81. The first-order valence-corrected chi connectivity index (χ1v) is 7.26. The average Bonchev–Trinajstić information content (AvgIpc) is 2.81. The normalized spacial score (nSPS) is 22.2. The Kier molecular flexibility index (Phi) is 3.43. The van der Waals surface area contributed by atoms with Crippen molar-refractivity contribution in [2.45, 2.75) is 39.2 Å². The summed E-state index contributed by atoms with van der Waals surface area (Å²) in [7, 11) is 0. The van der Waals surface area contributed by atoms with E-state index in [1.165, 1.54) is 17.5 Å². The maximum absolute atomic E-state index is 4.62. The van der Waals surface area contributed by atoms with E-state index >= 15 is 0 Å². The molecule has 1 fully saturated rings. The van der Waals surface area contributed by atoms with Crippen LogP contribution in [-0.4, -0.2) is 22.6 Å². The summed E-state index contributed by atoms with van der Waals surface area (Å²) < 4.78 is 0. The average molecular weight is 267 g/mol. The molecule has 1 aromatic carbocycles. The maximum atomic E-state index is 4.62. The van der Waals surface area contributed by atoms with Crippen LogP contribution in [0.15, 0.2) is 36.7 Å². The third kappa shape index (κ3) is 2.40. The van der Waals surface area contributed by atoms with Crippen LogP contribution >= 0.6 is 0 Å². The molecule has 1 saturated heterocycles.